The molecule has 0 radical (unpaired) electrons. The van der Waals surface area contributed by atoms with E-state index >= 15 is 0 Å². The third-order valence-corrected chi connectivity index (χ3v) is 2.57. The molecule has 0 bridgehead atoms. The van der Waals surface area contributed by atoms with Gasteiger partial charge in [-0.1, -0.05) is 5.16 Å². The summed E-state index contributed by atoms with van der Waals surface area (Å²) < 4.78 is 20.7. The number of benzene rings is 1. The molecule has 2 rings (SSSR count). The van der Waals surface area contributed by atoms with Crippen LogP contribution in [0, 0.1) is 0 Å². The molecule has 1 aromatic carbocycles. The lowest BCUT2D eigenvalue weighted by atomic mass is 10.1. The predicted molar refractivity (Wildman–Crippen MR) is 67.3 cm³/mol. The summed E-state index contributed by atoms with van der Waals surface area (Å²) in [4.78, 5) is 4.15. The Labute approximate surface area is 110 Å². The van der Waals surface area contributed by atoms with Gasteiger partial charge < -0.3 is 24.5 Å². The molecule has 2 aromatic rings. The molecule has 0 spiro atoms. The van der Waals surface area contributed by atoms with Gasteiger partial charge in [0.2, 0.25) is 17.5 Å². The van der Waals surface area contributed by atoms with Gasteiger partial charge in [-0.15, -0.1) is 0 Å². The van der Waals surface area contributed by atoms with E-state index in [2.05, 4.69) is 10.1 Å². The zero-order valence-electron chi connectivity index (χ0n) is 11.0. The van der Waals surface area contributed by atoms with Crippen molar-refractivity contribution in [3.8, 4) is 28.6 Å². The summed E-state index contributed by atoms with van der Waals surface area (Å²) >= 11 is 0. The second-order valence-corrected chi connectivity index (χ2v) is 3.63. The molecular weight excluding hydrogens is 250 g/mol. The van der Waals surface area contributed by atoms with Crippen LogP contribution in [0.3, 0.4) is 0 Å². The zero-order chi connectivity index (χ0) is 13.8. The van der Waals surface area contributed by atoms with Gasteiger partial charge in [-0.3, -0.25) is 0 Å². The van der Waals surface area contributed by atoms with Gasteiger partial charge in [-0.05, 0) is 12.1 Å². The molecule has 0 aliphatic heterocycles. The Bertz CT molecular complexity index is 543. The smallest absolute Gasteiger partial charge is 0.240 e. The van der Waals surface area contributed by atoms with Crippen LogP contribution >= 0.6 is 0 Å². The maximum absolute atomic E-state index is 5.43. The molecule has 0 atom stereocenters. The first-order valence-corrected chi connectivity index (χ1v) is 5.56. The Morgan fingerprint density at radius 2 is 1.74 bits per heavy atom. The molecule has 0 saturated heterocycles. The minimum atomic E-state index is 0.192. The van der Waals surface area contributed by atoms with Crippen molar-refractivity contribution in [3.05, 3.63) is 18.0 Å². The number of nitrogens with two attached hydrogens (primary N) is 1. The minimum Gasteiger partial charge on any atom is -0.493 e. The lowest BCUT2D eigenvalue weighted by Crippen LogP contribution is -1.97. The third kappa shape index (κ3) is 2.45. The molecule has 1 heterocycles. The predicted octanol–water partition coefficient (Wildman–Crippen LogP) is 1.22. The van der Waals surface area contributed by atoms with E-state index in [9.17, 15) is 0 Å². The van der Waals surface area contributed by atoms with Gasteiger partial charge in [-0.2, -0.15) is 4.98 Å². The Balaban J connectivity index is 2.51. The molecule has 0 amide bonds. The van der Waals surface area contributed by atoms with Crippen LogP contribution in [0.15, 0.2) is 16.7 Å². The first kappa shape index (κ1) is 13.2. The maximum atomic E-state index is 5.43. The molecule has 7 heteroatoms. The van der Waals surface area contributed by atoms with Gasteiger partial charge in [0.25, 0.3) is 0 Å². The van der Waals surface area contributed by atoms with Crippen molar-refractivity contribution in [2.24, 2.45) is 5.73 Å². The second-order valence-electron chi connectivity index (χ2n) is 3.63. The quantitative estimate of drug-likeness (QED) is 0.868. The van der Waals surface area contributed by atoms with E-state index in [1.54, 1.807) is 33.5 Å². The van der Waals surface area contributed by atoms with Gasteiger partial charge in [-0.25, -0.2) is 0 Å². The van der Waals surface area contributed by atoms with E-state index in [1.165, 1.54) is 0 Å². The summed E-state index contributed by atoms with van der Waals surface area (Å²) in [6.45, 7) is 0.192. The van der Waals surface area contributed by atoms with Crippen molar-refractivity contribution >= 4 is 0 Å². The fourth-order valence-electron chi connectivity index (χ4n) is 1.67. The lowest BCUT2D eigenvalue weighted by molar-refractivity contribution is 0.324. The van der Waals surface area contributed by atoms with Gasteiger partial charge in [0, 0.05) is 5.56 Å². The van der Waals surface area contributed by atoms with Gasteiger partial charge in [0.1, 0.15) is 0 Å². The first-order valence-electron chi connectivity index (χ1n) is 5.56. The number of nitrogens with zero attached hydrogens (tertiary/aromatic N) is 2. The van der Waals surface area contributed by atoms with Crippen LogP contribution in [0.4, 0.5) is 0 Å². The van der Waals surface area contributed by atoms with E-state index < -0.39 is 0 Å². The van der Waals surface area contributed by atoms with Gasteiger partial charge in [0.05, 0.1) is 27.9 Å². The van der Waals surface area contributed by atoms with Crippen LogP contribution in [-0.4, -0.2) is 31.5 Å². The number of aromatic nitrogens is 2. The van der Waals surface area contributed by atoms with Crippen LogP contribution in [0.25, 0.3) is 11.4 Å². The van der Waals surface area contributed by atoms with Crippen molar-refractivity contribution in [1.29, 1.82) is 0 Å². The number of hydrogen-bond donors (Lipinski definition) is 1. The molecule has 0 unspecified atom stereocenters. The standard InChI is InChI=1S/C12H15N3O4/c1-16-8-4-7(5-9(17-2)11(8)18-3)12-14-10(6-13)19-15-12/h4-5H,6,13H2,1-3H3. The Morgan fingerprint density at radius 1 is 1.11 bits per heavy atom. The van der Waals surface area contributed by atoms with Crippen LogP contribution < -0.4 is 19.9 Å². The van der Waals surface area contributed by atoms with E-state index in [4.69, 9.17) is 24.5 Å². The number of rotatable bonds is 5. The minimum absolute atomic E-state index is 0.192. The van der Waals surface area contributed by atoms with Gasteiger partial charge >= 0.3 is 0 Å². The highest BCUT2D eigenvalue weighted by atomic mass is 16.5. The van der Waals surface area contributed by atoms with Crippen LogP contribution in [0.5, 0.6) is 17.2 Å². The van der Waals surface area contributed by atoms with E-state index in [0.717, 1.165) is 0 Å². The topological polar surface area (TPSA) is 92.6 Å². The van der Waals surface area contributed by atoms with Crippen molar-refractivity contribution in [2.75, 3.05) is 21.3 Å². The van der Waals surface area contributed by atoms with E-state index in [0.29, 0.717) is 34.5 Å². The monoisotopic (exact) mass is 265 g/mol. The SMILES string of the molecule is COc1cc(-c2noc(CN)n2)cc(OC)c1OC. The summed E-state index contributed by atoms with van der Waals surface area (Å²) in [5.41, 5.74) is 6.13. The molecule has 0 aliphatic rings. The van der Waals surface area contributed by atoms with E-state index in [1.807, 2.05) is 0 Å². The first-order chi connectivity index (χ1) is 9.23. The highest BCUT2D eigenvalue weighted by Gasteiger charge is 2.16. The normalized spacial score (nSPS) is 10.3. The number of hydrogen-bond acceptors (Lipinski definition) is 7. The Kier molecular flexibility index (Phi) is 3.86. The largest absolute Gasteiger partial charge is 0.493 e. The second kappa shape index (κ2) is 5.57. The Morgan fingerprint density at radius 3 is 2.16 bits per heavy atom. The molecule has 0 fully saturated rings. The van der Waals surface area contributed by atoms with Crippen molar-refractivity contribution < 1.29 is 18.7 Å². The third-order valence-electron chi connectivity index (χ3n) is 2.57. The zero-order valence-corrected chi connectivity index (χ0v) is 11.0. The molecule has 2 N–H and O–H groups in total. The fraction of sp³-hybridized carbons (Fsp3) is 0.333. The van der Waals surface area contributed by atoms with Crippen molar-refractivity contribution in [3.63, 3.8) is 0 Å². The molecule has 0 aliphatic carbocycles. The summed E-state index contributed by atoms with van der Waals surface area (Å²) in [6, 6.07) is 3.49. The summed E-state index contributed by atoms with van der Waals surface area (Å²) in [6.07, 6.45) is 0. The summed E-state index contributed by atoms with van der Waals surface area (Å²) in [7, 11) is 4.63. The van der Waals surface area contributed by atoms with Crippen LogP contribution in [-0.2, 0) is 6.54 Å². The highest BCUT2D eigenvalue weighted by Crippen LogP contribution is 2.40. The average Bonchev–Trinajstić information content (AvgIpc) is 2.94. The molecule has 19 heavy (non-hydrogen) atoms. The van der Waals surface area contributed by atoms with E-state index in [-0.39, 0.29) is 6.54 Å². The maximum Gasteiger partial charge on any atom is 0.240 e. The molecule has 1 aromatic heterocycles. The summed E-state index contributed by atoms with van der Waals surface area (Å²) in [5, 5.41) is 3.85. The number of ether oxygens (including phenoxy) is 3. The summed E-state index contributed by atoms with van der Waals surface area (Å²) in [5.74, 6) is 2.34. The highest BCUT2D eigenvalue weighted by molar-refractivity contribution is 5.66. The van der Waals surface area contributed by atoms with Crippen LogP contribution in [0.2, 0.25) is 0 Å². The Hall–Kier alpha value is -2.28. The average molecular weight is 265 g/mol. The number of methoxy groups -OCH3 is 3. The molecule has 102 valence electrons. The lowest BCUT2D eigenvalue weighted by Gasteiger charge is -2.12. The fourth-order valence-corrected chi connectivity index (χ4v) is 1.67. The molecule has 0 saturated carbocycles. The molecular formula is C12H15N3O4. The van der Waals surface area contributed by atoms with Crippen molar-refractivity contribution in [2.45, 2.75) is 6.54 Å². The van der Waals surface area contributed by atoms with Gasteiger partial charge in [0.15, 0.2) is 11.5 Å². The van der Waals surface area contributed by atoms with Crippen LogP contribution in [0.1, 0.15) is 5.89 Å². The molecule has 7 nitrogen and oxygen atoms in total. The van der Waals surface area contributed by atoms with Crippen molar-refractivity contribution in [1.82, 2.24) is 10.1 Å².